The van der Waals surface area contributed by atoms with Crippen molar-refractivity contribution < 1.29 is 19.4 Å². The van der Waals surface area contributed by atoms with Gasteiger partial charge in [-0.3, -0.25) is 9.59 Å². The van der Waals surface area contributed by atoms with Gasteiger partial charge in [0.2, 0.25) is 5.91 Å². The van der Waals surface area contributed by atoms with Gasteiger partial charge in [-0.15, -0.1) is 0 Å². The molecular formula is C14H23NO4. The molecule has 0 aromatic rings. The van der Waals surface area contributed by atoms with E-state index in [1.54, 1.807) is 4.90 Å². The molecule has 0 saturated carbocycles. The van der Waals surface area contributed by atoms with Gasteiger partial charge >= 0.3 is 5.97 Å². The molecule has 2 aliphatic rings. The van der Waals surface area contributed by atoms with Crippen molar-refractivity contribution in [2.45, 2.75) is 51.6 Å². The van der Waals surface area contributed by atoms with Gasteiger partial charge in [0.05, 0.1) is 17.9 Å². The zero-order valence-electron chi connectivity index (χ0n) is 11.6. The first-order valence-electron chi connectivity index (χ1n) is 7.20. The SMILES string of the molecule is CCC1(C(=O)O)CCN(C(=O)CC2CCCO2)CC1. The molecule has 1 amide bonds. The summed E-state index contributed by atoms with van der Waals surface area (Å²) in [6, 6.07) is 0. The van der Waals surface area contributed by atoms with Crippen molar-refractivity contribution in [3.05, 3.63) is 0 Å². The van der Waals surface area contributed by atoms with Crippen molar-refractivity contribution >= 4 is 11.9 Å². The molecule has 2 fully saturated rings. The molecule has 1 atom stereocenters. The van der Waals surface area contributed by atoms with Crippen LogP contribution in [0, 0.1) is 5.41 Å². The highest BCUT2D eigenvalue weighted by atomic mass is 16.5. The molecule has 2 rings (SSSR count). The Labute approximate surface area is 113 Å². The number of rotatable bonds is 4. The lowest BCUT2D eigenvalue weighted by molar-refractivity contribution is -0.155. The molecule has 2 aliphatic heterocycles. The number of carboxylic acid groups (broad SMARTS) is 1. The summed E-state index contributed by atoms with van der Waals surface area (Å²) in [6.45, 7) is 3.80. The molecule has 0 radical (unpaired) electrons. The number of carboxylic acids is 1. The average Bonchev–Trinajstić information content (AvgIpc) is 2.91. The highest BCUT2D eigenvalue weighted by Gasteiger charge is 2.40. The first-order valence-corrected chi connectivity index (χ1v) is 7.20. The molecule has 1 unspecified atom stereocenters. The molecule has 0 aliphatic carbocycles. The highest BCUT2D eigenvalue weighted by molar-refractivity contribution is 5.78. The monoisotopic (exact) mass is 269 g/mol. The second kappa shape index (κ2) is 5.90. The van der Waals surface area contributed by atoms with E-state index >= 15 is 0 Å². The molecule has 2 heterocycles. The van der Waals surface area contributed by atoms with Crippen LogP contribution in [0.1, 0.15) is 45.4 Å². The highest BCUT2D eigenvalue weighted by Crippen LogP contribution is 2.35. The number of hydrogen-bond donors (Lipinski definition) is 1. The van der Waals surface area contributed by atoms with Gasteiger partial charge < -0.3 is 14.7 Å². The van der Waals surface area contributed by atoms with Crippen LogP contribution < -0.4 is 0 Å². The van der Waals surface area contributed by atoms with Crippen LogP contribution >= 0.6 is 0 Å². The third-order valence-electron chi connectivity index (χ3n) is 4.63. The topological polar surface area (TPSA) is 66.8 Å². The Bertz CT molecular complexity index is 341. The van der Waals surface area contributed by atoms with E-state index in [1.165, 1.54) is 0 Å². The van der Waals surface area contributed by atoms with Gasteiger partial charge in [0.25, 0.3) is 0 Å². The number of piperidine rings is 1. The summed E-state index contributed by atoms with van der Waals surface area (Å²) >= 11 is 0. The van der Waals surface area contributed by atoms with Crippen LogP contribution in [0.4, 0.5) is 0 Å². The molecule has 108 valence electrons. The van der Waals surface area contributed by atoms with Crippen molar-refractivity contribution in [2.75, 3.05) is 19.7 Å². The van der Waals surface area contributed by atoms with Gasteiger partial charge in [-0.25, -0.2) is 0 Å². The van der Waals surface area contributed by atoms with Gasteiger partial charge in [-0.2, -0.15) is 0 Å². The standard InChI is InChI=1S/C14H23NO4/c1-2-14(13(17)18)5-7-15(8-6-14)12(16)10-11-4-3-9-19-11/h11H,2-10H2,1H3,(H,17,18). The van der Waals surface area contributed by atoms with E-state index in [0.717, 1.165) is 19.4 Å². The Kier molecular flexibility index (Phi) is 4.45. The zero-order chi connectivity index (χ0) is 13.9. The maximum absolute atomic E-state index is 12.1. The van der Waals surface area contributed by atoms with Gasteiger partial charge in [0, 0.05) is 19.7 Å². The number of amides is 1. The first kappa shape index (κ1) is 14.3. The molecule has 5 heteroatoms. The summed E-state index contributed by atoms with van der Waals surface area (Å²) in [5.41, 5.74) is -0.624. The van der Waals surface area contributed by atoms with Crippen molar-refractivity contribution in [1.82, 2.24) is 4.90 Å². The lowest BCUT2D eigenvalue weighted by atomic mass is 9.76. The van der Waals surface area contributed by atoms with Crippen molar-refractivity contribution in [2.24, 2.45) is 5.41 Å². The first-order chi connectivity index (χ1) is 9.07. The van der Waals surface area contributed by atoms with E-state index in [-0.39, 0.29) is 12.0 Å². The normalized spacial score (nSPS) is 26.4. The third kappa shape index (κ3) is 3.08. The molecule has 0 bridgehead atoms. The maximum atomic E-state index is 12.1. The Morgan fingerprint density at radius 2 is 2.05 bits per heavy atom. The summed E-state index contributed by atoms with van der Waals surface area (Å²) < 4.78 is 5.47. The quantitative estimate of drug-likeness (QED) is 0.843. The predicted molar refractivity (Wildman–Crippen MR) is 69.8 cm³/mol. The Morgan fingerprint density at radius 3 is 2.53 bits per heavy atom. The number of ether oxygens (including phenoxy) is 1. The molecule has 1 N–H and O–H groups in total. The Balaban J connectivity index is 1.85. The van der Waals surface area contributed by atoms with Crippen LogP contribution in [-0.4, -0.2) is 47.7 Å². The van der Waals surface area contributed by atoms with Crippen molar-refractivity contribution in [1.29, 1.82) is 0 Å². The van der Waals surface area contributed by atoms with Crippen LogP contribution in [0.25, 0.3) is 0 Å². The molecule has 2 saturated heterocycles. The minimum Gasteiger partial charge on any atom is -0.481 e. The minimum atomic E-state index is -0.721. The van der Waals surface area contributed by atoms with Gasteiger partial charge in [0.15, 0.2) is 0 Å². The van der Waals surface area contributed by atoms with Crippen molar-refractivity contribution in [3.8, 4) is 0 Å². The molecular weight excluding hydrogens is 246 g/mol. The fraction of sp³-hybridized carbons (Fsp3) is 0.857. The van der Waals surface area contributed by atoms with E-state index in [9.17, 15) is 14.7 Å². The average molecular weight is 269 g/mol. The number of carbonyl (C=O) groups is 2. The molecule has 19 heavy (non-hydrogen) atoms. The van der Waals surface area contributed by atoms with E-state index < -0.39 is 11.4 Å². The summed E-state index contributed by atoms with van der Waals surface area (Å²) in [4.78, 5) is 25.3. The summed E-state index contributed by atoms with van der Waals surface area (Å²) in [7, 11) is 0. The summed E-state index contributed by atoms with van der Waals surface area (Å²) in [6.07, 6.45) is 4.29. The van der Waals surface area contributed by atoms with E-state index in [2.05, 4.69) is 0 Å². The van der Waals surface area contributed by atoms with E-state index in [1.807, 2.05) is 6.92 Å². The van der Waals surface area contributed by atoms with Crippen LogP contribution in [0.2, 0.25) is 0 Å². The summed E-state index contributed by atoms with van der Waals surface area (Å²) in [5, 5.41) is 9.32. The Hall–Kier alpha value is -1.10. The zero-order valence-corrected chi connectivity index (χ0v) is 11.6. The lowest BCUT2D eigenvalue weighted by Gasteiger charge is -2.38. The fourth-order valence-electron chi connectivity index (χ4n) is 3.03. The molecule has 0 aromatic heterocycles. The Morgan fingerprint density at radius 1 is 1.37 bits per heavy atom. The fourth-order valence-corrected chi connectivity index (χ4v) is 3.03. The van der Waals surface area contributed by atoms with Crippen molar-refractivity contribution in [3.63, 3.8) is 0 Å². The van der Waals surface area contributed by atoms with Crippen LogP contribution in [0.5, 0.6) is 0 Å². The molecule has 5 nitrogen and oxygen atoms in total. The largest absolute Gasteiger partial charge is 0.481 e. The van der Waals surface area contributed by atoms with E-state index in [0.29, 0.717) is 38.8 Å². The molecule has 0 aromatic carbocycles. The number of nitrogens with zero attached hydrogens (tertiary/aromatic N) is 1. The van der Waals surface area contributed by atoms with Gasteiger partial charge in [0.1, 0.15) is 0 Å². The number of aliphatic carboxylic acids is 1. The predicted octanol–water partition coefficient (Wildman–Crippen LogP) is 1.66. The maximum Gasteiger partial charge on any atom is 0.309 e. The summed E-state index contributed by atoms with van der Waals surface area (Å²) in [5.74, 6) is -0.608. The number of likely N-dealkylation sites (tertiary alicyclic amines) is 1. The second-order valence-corrected chi connectivity index (χ2v) is 5.66. The van der Waals surface area contributed by atoms with Crippen LogP contribution in [0.3, 0.4) is 0 Å². The number of carbonyl (C=O) groups excluding carboxylic acids is 1. The minimum absolute atomic E-state index is 0.0739. The third-order valence-corrected chi connectivity index (χ3v) is 4.63. The van der Waals surface area contributed by atoms with E-state index in [4.69, 9.17) is 4.74 Å². The second-order valence-electron chi connectivity index (χ2n) is 5.66. The lowest BCUT2D eigenvalue weighted by Crippen LogP contribution is -2.46. The smallest absolute Gasteiger partial charge is 0.309 e. The van der Waals surface area contributed by atoms with Gasteiger partial charge in [-0.05, 0) is 32.1 Å². The number of hydrogen-bond acceptors (Lipinski definition) is 3. The molecule has 0 spiro atoms. The van der Waals surface area contributed by atoms with Crippen LogP contribution in [-0.2, 0) is 14.3 Å². The van der Waals surface area contributed by atoms with Gasteiger partial charge in [-0.1, -0.05) is 6.92 Å². The van der Waals surface area contributed by atoms with Crippen LogP contribution in [0.15, 0.2) is 0 Å².